The zero-order valence-electron chi connectivity index (χ0n) is 32.4. The number of benzene rings is 2. The fourth-order valence-corrected chi connectivity index (χ4v) is 6.12. The second kappa shape index (κ2) is 15.0. The Hall–Kier alpha value is -7.71. The summed E-state index contributed by atoms with van der Waals surface area (Å²) in [6, 6.07) is 14.2. The maximum atomic E-state index is 11.7. The van der Waals surface area contributed by atoms with Crippen LogP contribution in [0.4, 0.5) is 11.9 Å². The molecule has 6 N–H and O–H groups in total. The Morgan fingerprint density at radius 2 is 1.51 bits per heavy atom. The van der Waals surface area contributed by atoms with E-state index >= 15 is 0 Å². The number of hydrogen-bond acceptors (Lipinski definition) is 16. The van der Waals surface area contributed by atoms with Gasteiger partial charge < -0.3 is 35.7 Å². The van der Waals surface area contributed by atoms with Gasteiger partial charge in [-0.15, -0.1) is 5.10 Å². The molecule has 19 heteroatoms. The highest BCUT2D eigenvalue weighted by molar-refractivity contribution is 5.88. The first-order valence-corrected chi connectivity index (χ1v) is 18.0. The Labute approximate surface area is 335 Å². The van der Waals surface area contributed by atoms with Crippen LogP contribution in [0.5, 0.6) is 6.01 Å². The van der Waals surface area contributed by atoms with E-state index < -0.39 is 11.2 Å². The van der Waals surface area contributed by atoms with E-state index in [4.69, 9.17) is 30.4 Å². The Bertz CT molecular complexity index is 3010. The fourth-order valence-electron chi connectivity index (χ4n) is 6.12. The number of methoxy groups -OCH3 is 1. The molecule has 0 saturated carbocycles. The van der Waals surface area contributed by atoms with Crippen molar-refractivity contribution >= 4 is 33.8 Å². The topological polar surface area (TPSA) is 255 Å². The molecule has 296 valence electrons. The fraction of sp³-hybridized carbons (Fsp3) is 0.225. The van der Waals surface area contributed by atoms with Gasteiger partial charge in [-0.1, -0.05) is 28.8 Å². The summed E-state index contributed by atoms with van der Waals surface area (Å²) in [5.74, 6) is 13.5. The molecule has 8 rings (SSSR count). The van der Waals surface area contributed by atoms with Crippen LogP contribution in [0.1, 0.15) is 47.9 Å². The first-order chi connectivity index (χ1) is 28.3. The molecule has 2 unspecified atom stereocenters. The lowest BCUT2D eigenvalue weighted by atomic mass is 10.0. The Morgan fingerprint density at radius 1 is 0.797 bits per heavy atom. The SMILES string of the molecule is COCCOc1nc2c(-n3cnc(C(C)(O)C#Cc4ccc5c(C)nn(-c6ccnc(N)n6)c5c4)n3)cc(C#CC(C)(O)c3cc(C)on3)cc2n1-c1ccnc(N)n1. The Morgan fingerprint density at radius 3 is 2.24 bits per heavy atom. The van der Waals surface area contributed by atoms with Crippen LogP contribution >= 0.6 is 0 Å². The standard InChI is InChI=1S/C40H36N14O5/c1-23-18-31(51-59-23)39(3,55)12-9-26-20-29(34-30(21-26)53(32-10-14-43-36(41)46-32)38(48-34)58-17-16-57-5)52-22-45-35(50-52)40(4,56)13-8-25-6-7-27-24(2)49-54(28(27)19-25)33-11-15-44-37(42)47-33/h6-7,10-11,14-15,18-22,55-56H,16-17H2,1-5H3,(H2,41,43,46)(H2,42,44,47). The average molecular weight is 793 g/mol. The molecule has 2 atom stereocenters. The number of anilines is 2. The lowest BCUT2D eigenvalue weighted by Gasteiger charge is -2.12. The quantitative estimate of drug-likeness (QED) is 0.121. The summed E-state index contributed by atoms with van der Waals surface area (Å²) in [5, 5.41) is 37.1. The van der Waals surface area contributed by atoms with Crippen molar-refractivity contribution in [2.45, 2.75) is 38.9 Å². The third-order valence-corrected chi connectivity index (χ3v) is 9.06. The van der Waals surface area contributed by atoms with Gasteiger partial charge in [-0.2, -0.15) is 20.1 Å². The van der Waals surface area contributed by atoms with Crippen LogP contribution < -0.4 is 16.2 Å². The molecular formula is C40H36N14O5. The molecule has 0 fully saturated rings. The van der Waals surface area contributed by atoms with Gasteiger partial charge in [0.25, 0.3) is 0 Å². The van der Waals surface area contributed by atoms with Gasteiger partial charge in [-0.3, -0.25) is 0 Å². The maximum absolute atomic E-state index is 11.7. The predicted molar refractivity (Wildman–Crippen MR) is 213 cm³/mol. The highest BCUT2D eigenvalue weighted by atomic mass is 16.5. The van der Waals surface area contributed by atoms with E-state index in [9.17, 15) is 10.2 Å². The van der Waals surface area contributed by atoms with Crippen LogP contribution in [-0.4, -0.2) is 89.7 Å². The Balaban J connectivity index is 1.22. The van der Waals surface area contributed by atoms with Gasteiger partial charge in [-0.05, 0) is 58.0 Å². The number of nitrogen functional groups attached to an aromatic ring is 2. The largest absolute Gasteiger partial charge is 0.462 e. The van der Waals surface area contributed by atoms with Crippen molar-refractivity contribution in [2.75, 3.05) is 31.8 Å². The van der Waals surface area contributed by atoms with E-state index in [0.29, 0.717) is 45.2 Å². The second-order valence-electron chi connectivity index (χ2n) is 13.7. The van der Waals surface area contributed by atoms with Crippen molar-refractivity contribution in [3.8, 4) is 47.0 Å². The molecule has 0 radical (unpaired) electrons. The van der Waals surface area contributed by atoms with Gasteiger partial charge >= 0.3 is 6.01 Å². The summed E-state index contributed by atoms with van der Waals surface area (Å²) in [7, 11) is 1.56. The summed E-state index contributed by atoms with van der Waals surface area (Å²) >= 11 is 0. The normalized spacial score (nSPS) is 13.3. The van der Waals surface area contributed by atoms with Crippen LogP contribution in [0.25, 0.3) is 39.3 Å². The number of aryl methyl sites for hydroxylation is 2. The molecule has 0 aliphatic rings. The number of ether oxygens (including phenoxy) is 2. The van der Waals surface area contributed by atoms with Crippen molar-refractivity contribution in [2.24, 2.45) is 0 Å². The lowest BCUT2D eigenvalue weighted by Crippen LogP contribution is -2.21. The Kier molecular flexibility index (Phi) is 9.70. The smallest absolute Gasteiger partial charge is 0.303 e. The van der Waals surface area contributed by atoms with Gasteiger partial charge in [0.2, 0.25) is 11.9 Å². The van der Waals surface area contributed by atoms with Crippen LogP contribution in [0.2, 0.25) is 0 Å². The number of fused-ring (bicyclic) bond motifs is 2. The molecule has 0 bridgehead atoms. The minimum atomic E-state index is -1.81. The van der Waals surface area contributed by atoms with Crippen LogP contribution in [0.15, 0.2) is 71.8 Å². The van der Waals surface area contributed by atoms with Crippen molar-refractivity contribution in [1.82, 2.24) is 59.2 Å². The van der Waals surface area contributed by atoms with Crippen molar-refractivity contribution < 1.29 is 24.2 Å². The van der Waals surface area contributed by atoms with Gasteiger partial charge in [0.05, 0.1) is 29.0 Å². The van der Waals surface area contributed by atoms with E-state index in [-0.39, 0.29) is 42.6 Å². The number of nitrogens with zero attached hydrogens (tertiary/aromatic N) is 12. The number of hydrogen-bond donors (Lipinski definition) is 4. The molecule has 6 aromatic heterocycles. The van der Waals surface area contributed by atoms with E-state index in [2.05, 4.69) is 64.0 Å². The zero-order chi connectivity index (χ0) is 41.5. The predicted octanol–water partition coefficient (Wildman–Crippen LogP) is 2.84. The number of aromatic nitrogens is 12. The number of rotatable bonds is 9. The second-order valence-corrected chi connectivity index (χ2v) is 13.7. The van der Waals surface area contributed by atoms with E-state index in [0.717, 1.165) is 16.6 Å². The summed E-state index contributed by atoms with van der Waals surface area (Å²) < 4.78 is 21.2. The van der Waals surface area contributed by atoms with Crippen LogP contribution in [-0.2, 0) is 15.9 Å². The number of aliphatic hydroxyl groups is 2. The van der Waals surface area contributed by atoms with Gasteiger partial charge in [-0.25, -0.2) is 28.9 Å². The highest BCUT2D eigenvalue weighted by Crippen LogP contribution is 2.32. The lowest BCUT2D eigenvalue weighted by molar-refractivity contribution is 0.112. The van der Waals surface area contributed by atoms with E-state index in [1.807, 2.05) is 25.1 Å². The summed E-state index contributed by atoms with van der Waals surface area (Å²) in [4.78, 5) is 26.0. The van der Waals surface area contributed by atoms with Gasteiger partial charge in [0.15, 0.2) is 22.8 Å². The molecule has 6 heterocycles. The van der Waals surface area contributed by atoms with Gasteiger partial charge in [0, 0.05) is 54.2 Å². The van der Waals surface area contributed by atoms with E-state index in [1.165, 1.54) is 31.1 Å². The van der Waals surface area contributed by atoms with Crippen molar-refractivity contribution in [3.05, 3.63) is 101 Å². The summed E-state index contributed by atoms with van der Waals surface area (Å²) in [5.41, 5.74) is 12.5. The first-order valence-electron chi connectivity index (χ1n) is 18.0. The average Bonchev–Trinajstić information content (AvgIpc) is 4.02. The highest BCUT2D eigenvalue weighted by Gasteiger charge is 2.28. The summed E-state index contributed by atoms with van der Waals surface area (Å²) in [6.07, 6.45) is 4.50. The molecule has 0 spiro atoms. The number of nitrogens with two attached hydrogens (primary N) is 2. The van der Waals surface area contributed by atoms with Crippen molar-refractivity contribution in [1.29, 1.82) is 0 Å². The molecule has 19 nitrogen and oxygen atoms in total. The minimum Gasteiger partial charge on any atom is -0.462 e. The third-order valence-electron chi connectivity index (χ3n) is 9.06. The molecule has 0 saturated heterocycles. The van der Waals surface area contributed by atoms with Crippen LogP contribution in [0, 0.1) is 37.5 Å². The molecule has 8 aromatic rings. The maximum Gasteiger partial charge on any atom is 0.303 e. The minimum absolute atomic E-state index is 0.0111. The third kappa shape index (κ3) is 7.59. The zero-order valence-corrected chi connectivity index (χ0v) is 32.4. The first kappa shape index (κ1) is 38.2. The molecule has 0 amide bonds. The molecule has 0 aliphatic heterocycles. The molecule has 0 aliphatic carbocycles. The molecular weight excluding hydrogens is 757 g/mol. The molecule has 2 aromatic carbocycles. The number of imidazole rings is 1. The van der Waals surface area contributed by atoms with Crippen molar-refractivity contribution in [3.63, 3.8) is 0 Å². The van der Waals surface area contributed by atoms with Crippen LogP contribution in [0.3, 0.4) is 0 Å². The van der Waals surface area contributed by atoms with Gasteiger partial charge in [0.1, 0.15) is 35.7 Å². The monoisotopic (exact) mass is 792 g/mol. The van der Waals surface area contributed by atoms with E-state index in [1.54, 1.807) is 59.8 Å². The molecule has 59 heavy (non-hydrogen) atoms. The summed E-state index contributed by atoms with van der Waals surface area (Å²) in [6.45, 7) is 7.08.